The molecule has 3 nitrogen and oxygen atoms in total. The fraction of sp³-hybridized carbons (Fsp3) is 0.882. The molecule has 0 aromatic rings. The first-order chi connectivity index (χ1) is 10.5. The highest BCUT2D eigenvalue weighted by atomic mass is 32.2. The van der Waals surface area contributed by atoms with Crippen LogP contribution in [0.15, 0.2) is 11.6 Å². The summed E-state index contributed by atoms with van der Waals surface area (Å²) in [6, 6.07) is 0. The van der Waals surface area contributed by atoms with Crippen LogP contribution in [0.3, 0.4) is 0 Å². The van der Waals surface area contributed by atoms with Gasteiger partial charge in [-0.25, -0.2) is 0 Å². The molecule has 0 radical (unpaired) electrons. The quantitative estimate of drug-likeness (QED) is 0.788. The Kier molecular flexibility index (Phi) is 5.20. The second-order valence-electron chi connectivity index (χ2n) is 7.05. The van der Waals surface area contributed by atoms with Crippen LogP contribution in [0.4, 0.5) is 0 Å². The molecule has 2 heterocycles. The number of aliphatic hydroxyl groups is 1. The molecule has 22 heavy (non-hydrogen) atoms. The molecule has 0 unspecified atom stereocenters. The maximum Gasteiger partial charge on any atom is 0.166 e. The lowest BCUT2D eigenvalue weighted by Gasteiger charge is -2.44. The molecule has 126 valence electrons. The van der Waals surface area contributed by atoms with Crippen LogP contribution >= 0.6 is 23.5 Å². The van der Waals surface area contributed by atoms with Gasteiger partial charge >= 0.3 is 0 Å². The lowest BCUT2D eigenvalue weighted by atomic mass is 9.69. The third-order valence-corrected chi connectivity index (χ3v) is 8.68. The van der Waals surface area contributed by atoms with E-state index in [1.54, 1.807) is 0 Å². The molecule has 0 aromatic carbocycles. The van der Waals surface area contributed by atoms with Gasteiger partial charge in [0.1, 0.15) is 0 Å². The number of hydrogen-bond donors (Lipinski definition) is 1. The van der Waals surface area contributed by atoms with Gasteiger partial charge in [-0.2, -0.15) is 0 Å². The van der Waals surface area contributed by atoms with Crippen molar-refractivity contribution in [2.45, 2.75) is 56.5 Å². The molecule has 3 aliphatic rings. The number of ether oxygens (including phenoxy) is 2. The van der Waals surface area contributed by atoms with Gasteiger partial charge < -0.3 is 14.6 Å². The smallest absolute Gasteiger partial charge is 0.166 e. The van der Waals surface area contributed by atoms with Gasteiger partial charge in [0, 0.05) is 11.8 Å². The second kappa shape index (κ2) is 6.67. The minimum absolute atomic E-state index is 0.166. The van der Waals surface area contributed by atoms with Crippen LogP contribution in [0.25, 0.3) is 0 Å². The zero-order valence-corrected chi connectivity index (χ0v) is 15.5. The van der Waals surface area contributed by atoms with Crippen LogP contribution in [-0.4, -0.2) is 46.3 Å². The number of allylic oxidation sites excluding steroid dienone is 1. The summed E-state index contributed by atoms with van der Waals surface area (Å²) in [5.41, 5.74) is 1.17. The van der Waals surface area contributed by atoms with Gasteiger partial charge in [0.05, 0.1) is 23.9 Å². The van der Waals surface area contributed by atoms with Gasteiger partial charge in [0.25, 0.3) is 0 Å². The molecule has 5 heteroatoms. The first-order valence-electron chi connectivity index (χ1n) is 8.32. The van der Waals surface area contributed by atoms with Crippen LogP contribution in [-0.2, 0) is 9.47 Å². The number of rotatable bonds is 4. The van der Waals surface area contributed by atoms with E-state index in [1.165, 1.54) is 23.5 Å². The molecule has 0 bridgehead atoms. The molecule has 0 spiro atoms. The Morgan fingerprint density at radius 1 is 1.27 bits per heavy atom. The third kappa shape index (κ3) is 3.12. The van der Waals surface area contributed by atoms with Crippen LogP contribution in [0.2, 0.25) is 0 Å². The summed E-state index contributed by atoms with van der Waals surface area (Å²) in [6.07, 6.45) is 5.13. The Hall–Kier alpha value is 0.320. The van der Waals surface area contributed by atoms with E-state index in [9.17, 15) is 5.11 Å². The molecule has 2 fully saturated rings. The van der Waals surface area contributed by atoms with Crippen molar-refractivity contribution in [3.8, 4) is 0 Å². The number of hydrogen-bond acceptors (Lipinski definition) is 5. The molecule has 1 aliphatic carbocycles. The third-order valence-electron chi connectivity index (χ3n) is 5.65. The van der Waals surface area contributed by atoms with Crippen LogP contribution in [0.1, 0.15) is 40.0 Å². The average Bonchev–Trinajstić information content (AvgIpc) is 3.07. The molecule has 0 saturated carbocycles. The summed E-state index contributed by atoms with van der Waals surface area (Å²) < 4.78 is 11.9. The summed E-state index contributed by atoms with van der Waals surface area (Å²) in [7, 11) is 0. The lowest BCUT2D eigenvalue weighted by molar-refractivity contribution is -0.163. The summed E-state index contributed by atoms with van der Waals surface area (Å²) in [6.45, 7) is 7.84. The normalized spacial score (nSPS) is 37.3. The molecule has 0 aromatic heterocycles. The van der Waals surface area contributed by atoms with Gasteiger partial charge in [-0.3, -0.25) is 0 Å². The molecule has 3 atom stereocenters. The van der Waals surface area contributed by atoms with Gasteiger partial charge in [-0.15, -0.1) is 23.5 Å². The molecule has 2 saturated heterocycles. The molecular weight excluding hydrogens is 316 g/mol. The van der Waals surface area contributed by atoms with Gasteiger partial charge in [-0.05, 0) is 44.1 Å². The Labute approximate surface area is 142 Å². The van der Waals surface area contributed by atoms with Crippen LogP contribution in [0, 0.1) is 11.3 Å². The topological polar surface area (TPSA) is 38.7 Å². The maximum absolute atomic E-state index is 11.2. The molecule has 1 N–H and O–H groups in total. The van der Waals surface area contributed by atoms with E-state index in [4.69, 9.17) is 9.47 Å². The molecule has 2 aliphatic heterocycles. The van der Waals surface area contributed by atoms with Crippen molar-refractivity contribution in [3.05, 3.63) is 11.6 Å². The molecule has 3 rings (SSSR count). The van der Waals surface area contributed by atoms with Crippen molar-refractivity contribution >= 4 is 23.5 Å². The van der Waals surface area contributed by atoms with Gasteiger partial charge in [0.15, 0.2) is 5.79 Å². The van der Waals surface area contributed by atoms with E-state index in [1.807, 2.05) is 30.4 Å². The zero-order valence-electron chi connectivity index (χ0n) is 13.8. The van der Waals surface area contributed by atoms with Gasteiger partial charge in [-0.1, -0.05) is 18.6 Å². The fourth-order valence-corrected chi connectivity index (χ4v) is 7.13. The van der Waals surface area contributed by atoms with E-state index < -0.39 is 5.79 Å². The highest BCUT2D eigenvalue weighted by Gasteiger charge is 2.51. The Bertz CT molecular complexity index is 428. The number of thioether (sulfide) groups is 2. The Morgan fingerprint density at radius 2 is 1.91 bits per heavy atom. The Morgan fingerprint density at radius 3 is 2.55 bits per heavy atom. The van der Waals surface area contributed by atoms with E-state index in [-0.39, 0.29) is 11.5 Å². The van der Waals surface area contributed by atoms with Crippen molar-refractivity contribution in [3.63, 3.8) is 0 Å². The van der Waals surface area contributed by atoms with E-state index in [2.05, 4.69) is 19.9 Å². The first-order valence-corrected chi connectivity index (χ1v) is 10.4. The van der Waals surface area contributed by atoms with Crippen LogP contribution in [0.5, 0.6) is 0 Å². The largest absolute Gasteiger partial charge is 0.390 e. The SMILES string of the molecule is CC1=CC[C@@H](CC2(C)OCCO2)[C@]1(C)[C@H](O)C1SCCCS1. The highest BCUT2D eigenvalue weighted by Crippen LogP contribution is 2.53. The maximum atomic E-state index is 11.2. The average molecular weight is 345 g/mol. The molecule has 0 amide bonds. The summed E-state index contributed by atoms with van der Waals surface area (Å²) in [5.74, 6) is 2.25. The zero-order chi connectivity index (χ0) is 15.8. The Balaban J connectivity index is 1.75. The molecular formula is C17H28O3S2. The first kappa shape index (κ1) is 17.2. The van der Waals surface area contributed by atoms with E-state index in [0.717, 1.165) is 12.8 Å². The fourth-order valence-electron chi connectivity index (χ4n) is 3.97. The van der Waals surface area contributed by atoms with Crippen molar-refractivity contribution in [2.24, 2.45) is 11.3 Å². The standard InChI is InChI=1S/C17H28O3S2/c1-12-5-6-13(11-16(2)19-7-8-20-16)17(12,3)14(18)15-21-9-4-10-22-15/h5,13-15,18H,4,6-11H2,1-3H3/t13-,14+,17+/m0/s1. The monoisotopic (exact) mass is 344 g/mol. The summed E-state index contributed by atoms with van der Waals surface area (Å²) >= 11 is 3.85. The predicted octanol–water partition coefficient (Wildman–Crippen LogP) is 3.67. The second-order valence-corrected chi connectivity index (χ2v) is 9.84. The lowest BCUT2D eigenvalue weighted by Crippen LogP contribution is -2.46. The van der Waals surface area contributed by atoms with Gasteiger partial charge in [0.2, 0.25) is 0 Å². The summed E-state index contributed by atoms with van der Waals surface area (Å²) in [5, 5.41) is 11.2. The van der Waals surface area contributed by atoms with E-state index >= 15 is 0 Å². The highest BCUT2D eigenvalue weighted by molar-refractivity contribution is 8.17. The van der Waals surface area contributed by atoms with Crippen molar-refractivity contribution in [2.75, 3.05) is 24.7 Å². The van der Waals surface area contributed by atoms with Crippen molar-refractivity contribution in [1.29, 1.82) is 0 Å². The minimum atomic E-state index is -0.475. The van der Waals surface area contributed by atoms with E-state index in [0.29, 0.717) is 23.7 Å². The van der Waals surface area contributed by atoms with Crippen molar-refractivity contribution in [1.82, 2.24) is 0 Å². The summed E-state index contributed by atoms with van der Waals surface area (Å²) in [4.78, 5) is 0. The van der Waals surface area contributed by atoms with Crippen LogP contribution < -0.4 is 0 Å². The van der Waals surface area contributed by atoms with Crippen molar-refractivity contribution < 1.29 is 14.6 Å². The minimum Gasteiger partial charge on any atom is -0.390 e. The number of aliphatic hydroxyl groups excluding tert-OH is 1. The predicted molar refractivity (Wildman–Crippen MR) is 94.2 cm³/mol.